The van der Waals surface area contributed by atoms with Crippen LogP contribution in [0.5, 0.6) is 0 Å². The molecule has 1 heterocycles. The van der Waals surface area contributed by atoms with Crippen molar-refractivity contribution in [2.45, 2.75) is 13.2 Å². The van der Waals surface area contributed by atoms with Gasteiger partial charge in [0.25, 0.3) is 0 Å². The highest BCUT2D eigenvalue weighted by molar-refractivity contribution is 5.86. The fourth-order valence-corrected chi connectivity index (χ4v) is 3.40. The summed E-state index contributed by atoms with van der Waals surface area (Å²) in [6, 6.07) is 19.8. The fourth-order valence-electron chi connectivity index (χ4n) is 3.40. The third-order valence-electron chi connectivity index (χ3n) is 4.83. The van der Waals surface area contributed by atoms with Gasteiger partial charge in [0, 0.05) is 32.3 Å². The third-order valence-corrected chi connectivity index (χ3v) is 4.83. The fraction of sp³-hybridized carbons (Fsp3) is 0.217. The number of rotatable bonds is 6. The molecule has 2 aromatic carbocycles. The monoisotopic (exact) mass is 407 g/mol. The summed E-state index contributed by atoms with van der Waals surface area (Å²) in [6.07, 6.45) is -1.06. The number of hydrogen-bond acceptors (Lipinski definition) is 4. The number of benzene rings is 2. The zero-order valence-electron chi connectivity index (χ0n) is 17.3. The maximum atomic E-state index is 11.8. The highest BCUT2D eigenvalue weighted by Crippen LogP contribution is 2.39. The van der Waals surface area contributed by atoms with E-state index in [0.29, 0.717) is 0 Å². The molecule has 156 valence electrons. The van der Waals surface area contributed by atoms with Gasteiger partial charge in [-0.3, -0.25) is 0 Å². The molecule has 3 aromatic rings. The van der Waals surface area contributed by atoms with E-state index >= 15 is 0 Å². The second-order valence-corrected chi connectivity index (χ2v) is 6.59. The van der Waals surface area contributed by atoms with E-state index in [-0.39, 0.29) is 13.2 Å². The molecule has 7 heteroatoms. The van der Waals surface area contributed by atoms with Crippen LogP contribution in [0.2, 0.25) is 0 Å². The molecule has 0 spiro atoms. The molecule has 0 radical (unpaired) electrons. The number of amides is 2. The Labute approximate surface area is 175 Å². The molecular weight excluding hydrogens is 382 g/mol. The minimum atomic E-state index is -0.531. The Kier molecular flexibility index (Phi) is 6.75. The Morgan fingerprint density at radius 2 is 1.30 bits per heavy atom. The molecular formula is C23H25N3O4. The van der Waals surface area contributed by atoms with Gasteiger partial charge in [-0.2, -0.15) is 0 Å². The molecule has 7 nitrogen and oxygen atoms in total. The van der Waals surface area contributed by atoms with Crippen LogP contribution in [0.1, 0.15) is 11.3 Å². The number of hydrogen-bond donors (Lipinski definition) is 2. The van der Waals surface area contributed by atoms with Crippen LogP contribution in [-0.2, 0) is 29.7 Å². The van der Waals surface area contributed by atoms with Crippen LogP contribution in [0.4, 0.5) is 9.59 Å². The molecule has 0 saturated carbocycles. The quantitative estimate of drug-likeness (QED) is 0.645. The number of aromatic nitrogens is 1. The zero-order chi connectivity index (χ0) is 21.5. The number of ether oxygens (including phenoxy) is 2. The van der Waals surface area contributed by atoms with E-state index in [2.05, 4.69) is 10.6 Å². The van der Waals surface area contributed by atoms with Crippen LogP contribution in [0.3, 0.4) is 0 Å². The number of carbonyl (C=O) groups excluding carboxylic acids is 2. The largest absolute Gasteiger partial charge is 0.445 e. The first-order chi connectivity index (χ1) is 14.6. The van der Waals surface area contributed by atoms with Gasteiger partial charge < -0.3 is 24.7 Å². The normalized spacial score (nSPS) is 10.4. The summed E-state index contributed by atoms with van der Waals surface area (Å²) in [5, 5.41) is 4.92. The van der Waals surface area contributed by atoms with Gasteiger partial charge in [-0.05, 0) is 11.1 Å². The molecule has 2 amide bonds. The van der Waals surface area contributed by atoms with Crippen molar-refractivity contribution in [3.8, 4) is 22.4 Å². The van der Waals surface area contributed by atoms with E-state index in [9.17, 15) is 9.59 Å². The number of alkyl carbamates (subject to hydrolysis) is 2. The van der Waals surface area contributed by atoms with Gasteiger partial charge >= 0.3 is 12.2 Å². The molecule has 0 atom stereocenters. The third kappa shape index (κ3) is 4.46. The maximum absolute atomic E-state index is 11.8. The van der Waals surface area contributed by atoms with Gasteiger partial charge in [0.1, 0.15) is 13.2 Å². The van der Waals surface area contributed by atoms with E-state index in [0.717, 1.165) is 33.6 Å². The molecule has 0 aliphatic carbocycles. The van der Waals surface area contributed by atoms with Gasteiger partial charge in [0.2, 0.25) is 0 Å². The van der Waals surface area contributed by atoms with Gasteiger partial charge in [-0.15, -0.1) is 0 Å². The van der Waals surface area contributed by atoms with Gasteiger partial charge in [0.05, 0.1) is 11.4 Å². The van der Waals surface area contributed by atoms with Crippen LogP contribution < -0.4 is 10.6 Å². The Morgan fingerprint density at radius 3 is 1.83 bits per heavy atom. The lowest BCUT2D eigenvalue weighted by molar-refractivity contribution is 0.132. The first kappa shape index (κ1) is 21.0. The molecule has 1 aromatic heterocycles. The predicted octanol–water partition coefficient (Wildman–Crippen LogP) is 4.07. The smallest absolute Gasteiger partial charge is 0.407 e. The molecule has 0 bridgehead atoms. The first-order valence-electron chi connectivity index (χ1n) is 9.57. The van der Waals surface area contributed by atoms with Crippen molar-refractivity contribution in [3.05, 3.63) is 71.9 Å². The Balaban J connectivity index is 2.21. The van der Waals surface area contributed by atoms with Crippen molar-refractivity contribution in [1.29, 1.82) is 0 Å². The Hall–Kier alpha value is -3.74. The van der Waals surface area contributed by atoms with Crippen molar-refractivity contribution < 1.29 is 19.1 Å². The molecule has 0 saturated heterocycles. The second kappa shape index (κ2) is 9.65. The molecule has 0 aliphatic rings. The van der Waals surface area contributed by atoms with Crippen LogP contribution in [0.15, 0.2) is 60.7 Å². The van der Waals surface area contributed by atoms with Crippen LogP contribution in [-0.4, -0.2) is 30.8 Å². The summed E-state index contributed by atoms with van der Waals surface area (Å²) in [4.78, 5) is 23.5. The summed E-state index contributed by atoms with van der Waals surface area (Å²) < 4.78 is 12.7. The molecule has 3 rings (SSSR count). The number of nitrogens with one attached hydrogen (secondary N) is 2. The van der Waals surface area contributed by atoms with E-state index in [1.54, 1.807) is 0 Å². The predicted molar refractivity (Wildman–Crippen MR) is 115 cm³/mol. The molecule has 0 aliphatic heterocycles. The van der Waals surface area contributed by atoms with E-state index < -0.39 is 12.2 Å². The minimum absolute atomic E-state index is 0.0370. The van der Waals surface area contributed by atoms with Crippen molar-refractivity contribution >= 4 is 12.2 Å². The summed E-state index contributed by atoms with van der Waals surface area (Å²) in [5.74, 6) is 0. The average molecular weight is 407 g/mol. The second-order valence-electron chi connectivity index (χ2n) is 6.59. The highest BCUT2D eigenvalue weighted by Gasteiger charge is 2.24. The standard InChI is InChI=1S/C23H25N3O4/c1-24-22(27)29-14-18-19(15-30-23(28)25-2)26(3)21(17-12-8-5-9-13-17)20(18)16-10-6-4-7-11-16/h4-13H,14-15H2,1-3H3,(H,24,27)(H,25,28). The van der Waals surface area contributed by atoms with Crippen molar-refractivity contribution in [2.24, 2.45) is 7.05 Å². The first-order valence-corrected chi connectivity index (χ1v) is 9.57. The Bertz CT molecular complexity index is 1010. The molecule has 2 N–H and O–H groups in total. The van der Waals surface area contributed by atoms with E-state index in [1.165, 1.54) is 14.1 Å². The number of nitrogens with zero attached hydrogens (tertiary/aromatic N) is 1. The van der Waals surface area contributed by atoms with Crippen molar-refractivity contribution in [2.75, 3.05) is 14.1 Å². The molecule has 0 unspecified atom stereocenters. The zero-order valence-corrected chi connectivity index (χ0v) is 17.3. The van der Waals surface area contributed by atoms with Crippen molar-refractivity contribution in [1.82, 2.24) is 15.2 Å². The summed E-state index contributed by atoms with van der Waals surface area (Å²) in [5.41, 5.74) is 5.41. The topological polar surface area (TPSA) is 81.6 Å². The highest BCUT2D eigenvalue weighted by atomic mass is 16.6. The van der Waals surface area contributed by atoms with Gasteiger partial charge in [-0.1, -0.05) is 60.7 Å². The van der Waals surface area contributed by atoms with Crippen LogP contribution in [0, 0.1) is 0 Å². The molecule has 30 heavy (non-hydrogen) atoms. The van der Waals surface area contributed by atoms with Crippen LogP contribution in [0.25, 0.3) is 22.4 Å². The summed E-state index contributed by atoms with van der Waals surface area (Å²) in [7, 11) is 4.94. The Morgan fingerprint density at radius 1 is 0.800 bits per heavy atom. The lowest BCUT2D eigenvalue weighted by Gasteiger charge is -2.10. The number of carbonyl (C=O) groups is 2. The lowest BCUT2D eigenvalue weighted by Crippen LogP contribution is -2.21. The van der Waals surface area contributed by atoms with Crippen LogP contribution >= 0.6 is 0 Å². The summed E-state index contributed by atoms with van der Waals surface area (Å²) >= 11 is 0. The average Bonchev–Trinajstić information content (AvgIpc) is 3.08. The van der Waals surface area contributed by atoms with Gasteiger partial charge in [-0.25, -0.2) is 9.59 Å². The minimum Gasteiger partial charge on any atom is -0.445 e. The SMILES string of the molecule is CNC(=O)OCc1c(-c2ccccc2)c(-c2ccccc2)n(C)c1COC(=O)NC. The van der Waals surface area contributed by atoms with E-state index in [4.69, 9.17) is 9.47 Å². The van der Waals surface area contributed by atoms with Crippen molar-refractivity contribution in [3.63, 3.8) is 0 Å². The van der Waals surface area contributed by atoms with E-state index in [1.807, 2.05) is 72.3 Å². The summed E-state index contributed by atoms with van der Waals surface area (Å²) in [6.45, 7) is 0.0757. The lowest BCUT2D eigenvalue weighted by atomic mass is 9.97. The van der Waals surface area contributed by atoms with Gasteiger partial charge in [0.15, 0.2) is 0 Å². The molecule has 0 fully saturated rings. The maximum Gasteiger partial charge on any atom is 0.407 e.